The summed E-state index contributed by atoms with van der Waals surface area (Å²) in [6.07, 6.45) is 6.99. The second-order valence-corrected chi connectivity index (χ2v) is 6.22. The summed E-state index contributed by atoms with van der Waals surface area (Å²) in [5.41, 5.74) is 4.07. The van der Waals surface area contributed by atoms with Crippen LogP contribution in [0.5, 0.6) is 0 Å². The molecule has 0 radical (unpaired) electrons. The van der Waals surface area contributed by atoms with Gasteiger partial charge in [-0.05, 0) is 50.8 Å². The second-order valence-electron chi connectivity index (χ2n) is 6.22. The average Bonchev–Trinajstić information content (AvgIpc) is 2.46. The summed E-state index contributed by atoms with van der Waals surface area (Å²) < 4.78 is 5.92. The van der Waals surface area contributed by atoms with E-state index < -0.39 is 0 Å². The van der Waals surface area contributed by atoms with Gasteiger partial charge in [0.2, 0.25) is 0 Å². The highest BCUT2D eigenvalue weighted by atomic mass is 16.5. The van der Waals surface area contributed by atoms with E-state index in [-0.39, 0.29) is 6.10 Å². The van der Waals surface area contributed by atoms with Crippen molar-refractivity contribution in [1.29, 1.82) is 0 Å². The molecule has 0 saturated heterocycles. The van der Waals surface area contributed by atoms with Gasteiger partial charge in [-0.2, -0.15) is 0 Å². The normalized spacial score (nSPS) is 19.8. The van der Waals surface area contributed by atoms with Crippen molar-refractivity contribution in [3.63, 3.8) is 0 Å². The standard InChI is InChI=1S/C18H29NO/c1-13-10-11-16(14(2)12-13)17(19-3)18(20-4)15-8-6-5-7-9-15/h10-12,15,17-19H,5-9H2,1-4H3. The topological polar surface area (TPSA) is 21.3 Å². The van der Waals surface area contributed by atoms with Gasteiger partial charge in [-0.1, -0.05) is 43.0 Å². The van der Waals surface area contributed by atoms with E-state index in [9.17, 15) is 0 Å². The van der Waals surface area contributed by atoms with Crippen LogP contribution >= 0.6 is 0 Å². The van der Waals surface area contributed by atoms with Gasteiger partial charge < -0.3 is 10.1 Å². The van der Waals surface area contributed by atoms with E-state index in [2.05, 4.69) is 44.4 Å². The number of likely N-dealkylation sites (N-methyl/N-ethyl adjacent to an activating group) is 1. The predicted molar refractivity (Wildman–Crippen MR) is 85.1 cm³/mol. The molecule has 0 spiro atoms. The van der Waals surface area contributed by atoms with Crippen LogP contribution in [0.15, 0.2) is 18.2 Å². The van der Waals surface area contributed by atoms with Crippen LogP contribution in [0.4, 0.5) is 0 Å². The number of ether oxygens (including phenoxy) is 1. The summed E-state index contributed by atoms with van der Waals surface area (Å²) in [6, 6.07) is 7.04. The first kappa shape index (κ1) is 15.5. The van der Waals surface area contributed by atoms with Crippen molar-refractivity contribution in [2.45, 2.75) is 58.1 Å². The summed E-state index contributed by atoms with van der Waals surface area (Å²) in [4.78, 5) is 0. The molecule has 1 saturated carbocycles. The van der Waals surface area contributed by atoms with Gasteiger partial charge in [-0.15, -0.1) is 0 Å². The maximum atomic E-state index is 5.92. The molecule has 20 heavy (non-hydrogen) atoms. The molecule has 2 nitrogen and oxygen atoms in total. The smallest absolute Gasteiger partial charge is 0.0794 e. The van der Waals surface area contributed by atoms with Crippen molar-refractivity contribution in [3.05, 3.63) is 34.9 Å². The molecule has 2 atom stereocenters. The zero-order valence-electron chi connectivity index (χ0n) is 13.4. The lowest BCUT2D eigenvalue weighted by Gasteiger charge is -2.35. The molecule has 2 heteroatoms. The molecular weight excluding hydrogens is 246 g/mol. The van der Waals surface area contributed by atoms with E-state index in [0.29, 0.717) is 12.0 Å². The molecule has 112 valence electrons. The van der Waals surface area contributed by atoms with E-state index >= 15 is 0 Å². The minimum atomic E-state index is 0.279. The van der Waals surface area contributed by atoms with Crippen LogP contribution < -0.4 is 5.32 Å². The van der Waals surface area contributed by atoms with Crippen LogP contribution in [0.25, 0.3) is 0 Å². The monoisotopic (exact) mass is 275 g/mol. The molecule has 1 aliphatic rings. The Kier molecular flexibility index (Phi) is 5.62. The van der Waals surface area contributed by atoms with Crippen molar-refractivity contribution < 1.29 is 4.74 Å². The zero-order valence-corrected chi connectivity index (χ0v) is 13.4. The minimum absolute atomic E-state index is 0.279. The number of hydrogen-bond acceptors (Lipinski definition) is 2. The number of methoxy groups -OCH3 is 1. The van der Waals surface area contributed by atoms with E-state index in [4.69, 9.17) is 4.74 Å². The fourth-order valence-corrected chi connectivity index (χ4v) is 3.73. The summed E-state index contributed by atoms with van der Waals surface area (Å²) in [7, 11) is 3.92. The van der Waals surface area contributed by atoms with Gasteiger partial charge in [-0.3, -0.25) is 0 Å². The minimum Gasteiger partial charge on any atom is -0.379 e. The molecule has 0 amide bonds. The molecule has 0 heterocycles. The fourth-order valence-electron chi connectivity index (χ4n) is 3.73. The fraction of sp³-hybridized carbons (Fsp3) is 0.667. The summed E-state index contributed by atoms with van der Waals surface area (Å²) in [6.45, 7) is 4.36. The molecule has 1 aliphatic carbocycles. The second kappa shape index (κ2) is 7.24. The Labute approximate surface area is 123 Å². The van der Waals surface area contributed by atoms with Crippen molar-refractivity contribution >= 4 is 0 Å². The lowest BCUT2D eigenvalue weighted by Crippen LogP contribution is -2.38. The van der Waals surface area contributed by atoms with Crippen LogP contribution in [0.1, 0.15) is 54.8 Å². The molecule has 1 aromatic carbocycles. The first-order chi connectivity index (χ1) is 9.67. The Morgan fingerprint density at radius 2 is 1.85 bits per heavy atom. The highest BCUT2D eigenvalue weighted by molar-refractivity contribution is 5.33. The molecule has 0 aromatic heterocycles. The quantitative estimate of drug-likeness (QED) is 0.871. The van der Waals surface area contributed by atoms with Gasteiger partial charge in [0.25, 0.3) is 0 Å². The maximum absolute atomic E-state index is 5.92. The Morgan fingerprint density at radius 3 is 2.40 bits per heavy atom. The SMILES string of the molecule is CNC(c1ccc(C)cc1C)C(OC)C1CCCCC1. The van der Waals surface area contributed by atoms with Crippen molar-refractivity contribution in [1.82, 2.24) is 5.32 Å². The number of benzene rings is 1. The van der Waals surface area contributed by atoms with Gasteiger partial charge in [0.1, 0.15) is 0 Å². The molecule has 0 bridgehead atoms. The summed E-state index contributed by atoms with van der Waals surface area (Å²) >= 11 is 0. The van der Waals surface area contributed by atoms with Crippen LogP contribution in [0, 0.1) is 19.8 Å². The van der Waals surface area contributed by atoms with Crippen molar-refractivity contribution in [3.8, 4) is 0 Å². The van der Waals surface area contributed by atoms with Crippen LogP contribution in [0.2, 0.25) is 0 Å². The lowest BCUT2D eigenvalue weighted by molar-refractivity contribution is 0.00926. The third-order valence-corrected chi connectivity index (χ3v) is 4.79. The molecule has 1 N–H and O–H groups in total. The third kappa shape index (κ3) is 3.42. The molecular formula is C18H29NO. The van der Waals surface area contributed by atoms with E-state index in [1.165, 1.54) is 48.8 Å². The van der Waals surface area contributed by atoms with Crippen LogP contribution in [-0.4, -0.2) is 20.3 Å². The Hall–Kier alpha value is -0.860. The Bertz CT molecular complexity index is 423. The number of hydrogen-bond donors (Lipinski definition) is 1. The first-order valence-corrected chi connectivity index (χ1v) is 7.94. The molecule has 0 aliphatic heterocycles. The van der Waals surface area contributed by atoms with Gasteiger partial charge in [0.05, 0.1) is 12.1 Å². The molecule has 2 rings (SSSR count). The van der Waals surface area contributed by atoms with Crippen LogP contribution in [0.3, 0.4) is 0 Å². The zero-order chi connectivity index (χ0) is 14.5. The van der Waals surface area contributed by atoms with Crippen molar-refractivity contribution in [2.24, 2.45) is 5.92 Å². The van der Waals surface area contributed by atoms with E-state index in [1.807, 2.05) is 7.11 Å². The number of aryl methyl sites for hydroxylation is 2. The van der Waals surface area contributed by atoms with Crippen LogP contribution in [-0.2, 0) is 4.74 Å². The first-order valence-electron chi connectivity index (χ1n) is 7.94. The predicted octanol–water partition coefficient (Wildman–Crippen LogP) is 4.16. The maximum Gasteiger partial charge on any atom is 0.0794 e. The highest BCUT2D eigenvalue weighted by Crippen LogP contribution is 2.35. The molecule has 1 aromatic rings. The Balaban J connectivity index is 2.23. The van der Waals surface area contributed by atoms with E-state index in [0.717, 1.165) is 0 Å². The molecule has 1 fully saturated rings. The van der Waals surface area contributed by atoms with Gasteiger partial charge in [0.15, 0.2) is 0 Å². The highest BCUT2D eigenvalue weighted by Gasteiger charge is 2.31. The molecule has 2 unspecified atom stereocenters. The van der Waals surface area contributed by atoms with Gasteiger partial charge in [-0.25, -0.2) is 0 Å². The summed E-state index contributed by atoms with van der Waals surface area (Å²) in [5.74, 6) is 0.687. The van der Waals surface area contributed by atoms with Gasteiger partial charge in [0, 0.05) is 7.11 Å². The Morgan fingerprint density at radius 1 is 1.15 bits per heavy atom. The third-order valence-electron chi connectivity index (χ3n) is 4.79. The average molecular weight is 275 g/mol. The number of rotatable bonds is 5. The van der Waals surface area contributed by atoms with Crippen molar-refractivity contribution in [2.75, 3.05) is 14.2 Å². The number of nitrogens with one attached hydrogen (secondary N) is 1. The van der Waals surface area contributed by atoms with Gasteiger partial charge >= 0.3 is 0 Å². The summed E-state index contributed by atoms with van der Waals surface area (Å²) in [5, 5.41) is 3.50. The lowest BCUT2D eigenvalue weighted by atomic mass is 9.80. The van der Waals surface area contributed by atoms with E-state index in [1.54, 1.807) is 0 Å². The largest absolute Gasteiger partial charge is 0.379 e.